The molecule has 0 aromatic heterocycles. The van der Waals surface area contributed by atoms with Gasteiger partial charge in [0.2, 0.25) is 0 Å². The van der Waals surface area contributed by atoms with Gasteiger partial charge in [-0.1, -0.05) is 71.6 Å². The zero-order valence-electron chi connectivity index (χ0n) is 18.6. The summed E-state index contributed by atoms with van der Waals surface area (Å²) in [7, 11) is 0. The maximum Gasteiger partial charge on any atom is 0.305 e. The second kappa shape index (κ2) is 33.0. The minimum atomic E-state index is -0.125. The average molecular weight is 393 g/mol. The topological polar surface area (TPSA) is 76.0 Å². The average Bonchev–Trinajstić information content (AvgIpc) is 2.68. The molecule has 166 valence electrons. The summed E-state index contributed by atoms with van der Waals surface area (Å²) in [5.74, 6) is -0.00797. The third-order valence-electron chi connectivity index (χ3n) is 3.75. The molecule has 0 bridgehead atoms. The van der Waals surface area contributed by atoms with Crippen LogP contribution in [-0.4, -0.2) is 49.2 Å². The number of ether oxygens (including phenoxy) is 2. The lowest BCUT2D eigenvalue weighted by Gasteiger charge is -2.04. The summed E-state index contributed by atoms with van der Waals surface area (Å²) in [4.78, 5) is 11.3. The predicted molar refractivity (Wildman–Crippen MR) is 114 cm³/mol. The van der Waals surface area contributed by atoms with Crippen molar-refractivity contribution in [2.75, 3.05) is 33.0 Å². The fourth-order valence-corrected chi connectivity index (χ4v) is 2.19. The Morgan fingerprint density at radius 2 is 1.11 bits per heavy atom. The molecule has 0 aromatic carbocycles. The van der Waals surface area contributed by atoms with E-state index in [1.807, 2.05) is 13.8 Å². The highest BCUT2D eigenvalue weighted by Gasteiger charge is 2.01. The van der Waals surface area contributed by atoms with Crippen molar-refractivity contribution < 1.29 is 24.5 Å². The van der Waals surface area contributed by atoms with Crippen molar-refractivity contribution in [1.29, 1.82) is 0 Å². The number of esters is 1. The molecule has 0 aromatic rings. The first-order valence-corrected chi connectivity index (χ1v) is 11.1. The van der Waals surface area contributed by atoms with Crippen LogP contribution in [-0.2, 0) is 14.3 Å². The second-order valence-corrected chi connectivity index (χ2v) is 6.38. The molecular formula is C22H48O5. The Morgan fingerprint density at radius 1 is 0.667 bits per heavy atom. The summed E-state index contributed by atoms with van der Waals surface area (Å²) in [6, 6.07) is 0. The van der Waals surface area contributed by atoms with Crippen LogP contribution >= 0.6 is 0 Å². The maximum absolute atomic E-state index is 11.3. The molecular weight excluding hydrogens is 344 g/mol. The molecule has 0 atom stereocenters. The van der Waals surface area contributed by atoms with Crippen LogP contribution in [0.25, 0.3) is 0 Å². The van der Waals surface area contributed by atoms with Crippen LogP contribution in [0.5, 0.6) is 0 Å². The summed E-state index contributed by atoms with van der Waals surface area (Å²) in [6.45, 7) is 10.4. The van der Waals surface area contributed by atoms with Gasteiger partial charge in [0.1, 0.15) is 0 Å². The SMILES string of the molecule is CCCCCCCCCCCC(=O)OCCCC.CCOCC.OCCO. The number of carbonyl (C=O) groups excluding carboxylic acids is 1. The molecule has 0 saturated carbocycles. The molecule has 5 nitrogen and oxygen atoms in total. The van der Waals surface area contributed by atoms with E-state index in [1.54, 1.807) is 0 Å². The number of rotatable bonds is 16. The van der Waals surface area contributed by atoms with Gasteiger partial charge < -0.3 is 19.7 Å². The lowest BCUT2D eigenvalue weighted by Crippen LogP contribution is -2.05. The fraction of sp³-hybridized carbons (Fsp3) is 0.955. The van der Waals surface area contributed by atoms with Crippen molar-refractivity contribution in [2.24, 2.45) is 0 Å². The van der Waals surface area contributed by atoms with Crippen LogP contribution in [0, 0.1) is 0 Å². The van der Waals surface area contributed by atoms with Gasteiger partial charge >= 0.3 is 5.97 Å². The third kappa shape index (κ3) is 41.0. The van der Waals surface area contributed by atoms with Gasteiger partial charge in [-0.25, -0.2) is 0 Å². The molecule has 27 heavy (non-hydrogen) atoms. The lowest BCUT2D eigenvalue weighted by atomic mass is 10.1. The number of hydrogen-bond donors (Lipinski definition) is 2. The van der Waals surface area contributed by atoms with Crippen molar-refractivity contribution in [1.82, 2.24) is 0 Å². The van der Waals surface area contributed by atoms with Crippen molar-refractivity contribution >= 4 is 5.97 Å². The summed E-state index contributed by atoms with van der Waals surface area (Å²) < 4.78 is 9.95. The smallest absolute Gasteiger partial charge is 0.305 e. The van der Waals surface area contributed by atoms with Crippen molar-refractivity contribution in [3.8, 4) is 0 Å². The van der Waals surface area contributed by atoms with E-state index in [2.05, 4.69) is 13.8 Å². The van der Waals surface area contributed by atoms with Gasteiger partial charge in [-0.2, -0.15) is 0 Å². The highest BCUT2D eigenvalue weighted by atomic mass is 16.5. The number of hydrogen-bond acceptors (Lipinski definition) is 5. The first kappa shape index (κ1) is 31.1. The molecule has 0 aliphatic heterocycles. The van der Waals surface area contributed by atoms with Gasteiger partial charge in [-0.3, -0.25) is 4.79 Å². The molecule has 0 heterocycles. The van der Waals surface area contributed by atoms with Crippen LogP contribution in [0.2, 0.25) is 0 Å². The fourth-order valence-electron chi connectivity index (χ4n) is 2.19. The zero-order valence-corrected chi connectivity index (χ0v) is 18.6. The highest BCUT2D eigenvalue weighted by molar-refractivity contribution is 5.69. The van der Waals surface area contributed by atoms with Crippen LogP contribution in [0.4, 0.5) is 0 Å². The normalized spacial score (nSPS) is 9.70. The highest BCUT2D eigenvalue weighted by Crippen LogP contribution is 2.10. The van der Waals surface area contributed by atoms with E-state index in [4.69, 9.17) is 19.7 Å². The molecule has 0 spiro atoms. The monoisotopic (exact) mass is 392 g/mol. The molecule has 0 aliphatic rings. The Hall–Kier alpha value is -0.650. The van der Waals surface area contributed by atoms with E-state index in [1.165, 1.54) is 51.4 Å². The van der Waals surface area contributed by atoms with E-state index in [9.17, 15) is 4.79 Å². The molecule has 0 radical (unpaired) electrons. The third-order valence-corrected chi connectivity index (χ3v) is 3.75. The number of carbonyl (C=O) groups is 1. The van der Waals surface area contributed by atoms with Crippen LogP contribution in [0.15, 0.2) is 0 Å². The molecule has 5 heteroatoms. The van der Waals surface area contributed by atoms with Crippen LogP contribution in [0.1, 0.15) is 105 Å². The van der Waals surface area contributed by atoms with E-state index in [0.29, 0.717) is 13.0 Å². The molecule has 0 rings (SSSR count). The number of unbranched alkanes of at least 4 members (excludes halogenated alkanes) is 9. The molecule has 0 unspecified atom stereocenters. The summed E-state index contributed by atoms with van der Waals surface area (Å²) in [6.07, 6.45) is 14.3. The van der Waals surface area contributed by atoms with E-state index in [-0.39, 0.29) is 19.2 Å². The minimum absolute atomic E-state index is 0.00797. The van der Waals surface area contributed by atoms with Gasteiger partial charge in [0.25, 0.3) is 0 Å². The maximum atomic E-state index is 11.3. The quantitative estimate of drug-likeness (QED) is 0.277. The van der Waals surface area contributed by atoms with Crippen molar-refractivity contribution in [3.63, 3.8) is 0 Å². The molecule has 0 fully saturated rings. The summed E-state index contributed by atoms with van der Waals surface area (Å²) in [5.41, 5.74) is 0. The minimum Gasteiger partial charge on any atom is -0.466 e. The second-order valence-electron chi connectivity index (χ2n) is 6.38. The number of aliphatic hydroxyl groups excluding tert-OH is 2. The van der Waals surface area contributed by atoms with Gasteiger partial charge in [0, 0.05) is 19.6 Å². The van der Waals surface area contributed by atoms with Crippen molar-refractivity contribution in [3.05, 3.63) is 0 Å². The number of aliphatic hydroxyl groups is 2. The van der Waals surface area contributed by atoms with Gasteiger partial charge in [0.05, 0.1) is 19.8 Å². The summed E-state index contributed by atoms with van der Waals surface area (Å²) >= 11 is 0. The molecule has 0 aliphatic carbocycles. The molecule has 0 saturated heterocycles. The predicted octanol–water partition coefficient (Wildman–Crippen LogP) is 5.26. The van der Waals surface area contributed by atoms with E-state index < -0.39 is 0 Å². The van der Waals surface area contributed by atoms with Gasteiger partial charge in [-0.05, 0) is 26.7 Å². The molecule has 0 amide bonds. The Balaban J connectivity index is -0.000000528. The largest absolute Gasteiger partial charge is 0.466 e. The Labute approximate surface area is 168 Å². The Kier molecular flexibility index (Phi) is 37.9. The first-order valence-electron chi connectivity index (χ1n) is 11.1. The van der Waals surface area contributed by atoms with Crippen molar-refractivity contribution in [2.45, 2.75) is 105 Å². The van der Waals surface area contributed by atoms with Crippen LogP contribution < -0.4 is 0 Å². The van der Waals surface area contributed by atoms with Gasteiger partial charge in [-0.15, -0.1) is 0 Å². The summed E-state index contributed by atoms with van der Waals surface area (Å²) in [5, 5.41) is 15.2. The Bertz CT molecular complexity index is 243. The van der Waals surface area contributed by atoms with E-state index >= 15 is 0 Å². The molecule has 2 N–H and O–H groups in total. The van der Waals surface area contributed by atoms with Crippen LogP contribution in [0.3, 0.4) is 0 Å². The lowest BCUT2D eigenvalue weighted by molar-refractivity contribution is -0.143. The van der Waals surface area contributed by atoms with E-state index in [0.717, 1.165) is 32.5 Å². The standard InChI is InChI=1S/C16H32O2.C4H10O.C2H6O2/c1-3-5-7-8-9-10-11-12-13-14-16(17)18-15-6-4-2;1-3-5-4-2;3-1-2-4/h3-15H2,1-2H3;3-4H2,1-2H3;3-4H,1-2H2. The Morgan fingerprint density at radius 3 is 1.48 bits per heavy atom. The zero-order chi connectivity index (χ0) is 21.0. The first-order chi connectivity index (χ1) is 13.1. The van der Waals surface area contributed by atoms with Gasteiger partial charge in [0.15, 0.2) is 0 Å².